The highest BCUT2D eigenvalue weighted by molar-refractivity contribution is 6.31. The number of hydrogen-bond donors (Lipinski definition) is 2. The second kappa shape index (κ2) is 8.41. The third-order valence-corrected chi connectivity index (χ3v) is 3.67. The van der Waals surface area contributed by atoms with Crippen LogP contribution >= 0.6 is 11.6 Å². The summed E-state index contributed by atoms with van der Waals surface area (Å²) < 4.78 is 10.6. The van der Waals surface area contributed by atoms with E-state index in [1.165, 1.54) is 0 Å². The molecule has 0 fully saturated rings. The van der Waals surface area contributed by atoms with Crippen LogP contribution in [0, 0.1) is 0 Å². The van der Waals surface area contributed by atoms with Gasteiger partial charge in [0, 0.05) is 23.4 Å². The third-order valence-electron chi connectivity index (χ3n) is 3.33. The van der Waals surface area contributed by atoms with E-state index in [9.17, 15) is 0 Å². The van der Waals surface area contributed by atoms with Crippen LogP contribution in [0.25, 0.3) is 0 Å². The van der Waals surface area contributed by atoms with Crippen molar-refractivity contribution in [3.05, 3.63) is 59.1 Å². The minimum absolute atomic E-state index is 0.250. The summed E-state index contributed by atoms with van der Waals surface area (Å²) in [5.74, 6) is 1.09. The number of nitrogens with two attached hydrogens (primary N) is 1. The summed E-state index contributed by atoms with van der Waals surface area (Å²) >= 11 is 6.18. The summed E-state index contributed by atoms with van der Waals surface area (Å²) in [5.41, 5.74) is 7.63. The van der Waals surface area contributed by atoms with Crippen LogP contribution in [-0.2, 0) is 4.74 Å². The highest BCUT2D eigenvalue weighted by atomic mass is 35.5. The number of rotatable bonds is 6. The summed E-state index contributed by atoms with van der Waals surface area (Å²) in [6, 6.07) is 14.9. The molecule has 1 unspecified atom stereocenters. The molecule has 2 aromatic rings. The molecule has 0 aromatic heterocycles. The number of aliphatic imine (C=N–C) groups is 1. The van der Waals surface area contributed by atoms with E-state index < -0.39 is 0 Å². The highest BCUT2D eigenvalue weighted by Gasteiger charge is 2.13. The lowest BCUT2D eigenvalue weighted by Gasteiger charge is -2.15. The zero-order valence-electron chi connectivity index (χ0n) is 13.1. The number of methoxy groups -OCH3 is 2. The lowest BCUT2D eigenvalue weighted by Crippen LogP contribution is -2.23. The zero-order valence-corrected chi connectivity index (χ0v) is 13.9. The zero-order chi connectivity index (χ0) is 16.7. The standard InChI is InChI=1S/C17H20ClN3O2/c1-22-13-9-7-12(8-10-13)21-17(19)20-11-16(23-2)14-5-3-4-6-15(14)18/h3-10,16H,11H2,1-2H3,(H3,19,20,21). The van der Waals surface area contributed by atoms with Gasteiger partial charge in [0.15, 0.2) is 5.96 Å². The molecule has 23 heavy (non-hydrogen) atoms. The van der Waals surface area contributed by atoms with Crippen LogP contribution in [0.5, 0.6) is 5.75 Å². The van der Waals surface area contributed by atoms with Crippen LogP contribution in [-0.4, -0.2) is 26.7 Å². The minimum Gasteiger partial charge on any atom is -0.497 e. The first-order valence-electron chi connectivity index (χ1n) is 7.12. The van der Waals surface area contributed by atoms with Crippen LogP contribution in [0.3, 0.4) is 0 Å². The Kier molecular flexibility index (Phi) is 6.26. The number of anilines is 1. The fraction of sp³-hybridized carbons (Fsp3) is 0.235. The fourth-order valence-corrected chi connectivity index (χ4v) is 2.34. The predicted octanol–water partition coefficient (Wildman–Crippen LogP) is 3.46. The van der Waals surface area contributed by atoms with Gasteiger partial charge in [0.2, 0.25) is 0 Å². The number of hydrogen-bond acceptors (Lipinski definition) is 3. The molecule has 0 aliphatic heterocycles. The van der Waals surface area contributed by atoms with Crippen molar-refractivity contribution in [2.45, 2.75) is 6.10 Å². The van der Waals surface area contributed by atoms with Gasteiger partial charge in [0.25, 0.3) is 0 Å². The van der Waals surface area contributed by atoms with Gasteiger partial charge in [-0.25, -0.2) is 0 Å². The first-order valence-corrected chi connectivity index (χ1v) is 7.50. The molecule has 0 saturated carbocycles. The van der Waals surface area contributed by atoms with Crippen molar-refractivity contribution in [3.63, 3.8) is 0 Å². The van der Waals surface area contributed by atoms with Crippen molar-refractivity contribution in [2.24, 2.45) is 10.7 Å². The molecule has 3 N–H and O–H groups in total. The van der Waals surface area contributed by atoms with E-state index in [0.29, 0.717) is 17.5 Å². The van der Waals surface area contributed by atoms with E-state index in [1.807, 2.05) is 48.5 Å². The molecule has 2 rings (SSSR count). The van der Waals surface area contributed by atoms with E-state index >= 15 is 0 Å². The summed E-state index contributed by atoms with van der Waals surface area (Å²) in [6.07, 6.45) is -0.250. The van der Waals surface area contributed by atoms with Gasteiger partial charge in [-0.15, -0.1) is 0 Å². The van der Waals surface area contributed by atoms with Gasteiger partial charge < -0.3 is 20.5 Å². The second-order valence-electron chi connectivity index (χ2n) is 4.83. The first kappa shape index (κ1) is 17.1. The normalized spacial score (nSPS) is 12.7. The van der Waals surface area contributed by atoms with Gasteiger partial charge in [0.1, 0.15) is 11.9 Å². The number of guanidine groups is 1. The Labute approximate surface area is 141 Å². The van der Waals surface area contributed by atoms with E-state index in [4.69, 9.17) is 26.8 Å². The number of nitrogens with zero attached hydrogens (tertiary/aromatic N) is 1. The Balaban J connectivity index is 2.00. The molecule has 2 aromatic carbocycles. The Morgan fingerprint density at radius 3 is 2.48 bits per heavy atom. The summed E-state index contributed by atoms with van der Waals surface area (Å²) in [7, 11) is 3.24. The van der Waals surface area contributed by atoms with Gasteiger partial charge in [-0.3, -0.25) is 4.99 Å². The average molecular weight is 334 g/mol. The van der Waals surface area contributed by atoms with Gasteiger partial charge in [-0.2, -0.15) is 0 Å². The summed E-state index contributed by atoms with van der Waals surface area (Å²) in [6.45, 7) is 0.370. The van der Waals surface area contributed by atoms with Crippen LogP contribution in [0.1, 0.15) is 11.7 Å². The largest absolute Gasteiger partial charge is 0.497 e. The Morgan fingerprint density at radius 2 is 1.87 bits per heavy atom. The van der Waals surface area contributed by atoms with Crippen molar-refractivity contribution >= 4 is 23.2 Å². The van der Waals surface area contributed by atoms with Gasteiger partial charge in [0.05, 0.1) is 13.7 Å². The molecule has 0 radical (unpaired) electrons. The maximum atomic E-state index is 6.18. The van der Waals surface area contributed by atoms with Crippen molar-refractivity contribution in [1.29, 1.82) is 0 Å². The molecule has 6 heteroatoms. The van der Waals surface area contributed by atoms with Crippen molar-refractivity contribution in [1.82, 2.24) is 0 Å². The average Bonchev–Trinajstić information content (AvgIpc) is 2.57. The van der Waals surface area contributed by atoms with Gasteiger partial charge >= 0.3 is 0 Å². The summed E-state index contributed by atoms with van der Waals surface area (Å²) in [4.78, 5) is 4.32. The second-order valence-corrected chi connectivity index (χ2v) is 5.23. The van der Waals surface area contributed by atoms with Crippen LogP contribution in [0.4, 0.5) is 5.69 Å². The molecule has 0 aliphatic rings. The van der Waals surface area contributed by atoms with Crippen molar-refractivity contribution in [2.75, 3.05) is 26.1 Å². The SMILES string of the molecule is COc1ccc(NC(N)=NCC(OC)c2ccccc2Cl)cc1. The molecule has 1 atom stereocenters. The number of benzene rings is 2. The molecule has 0 bridgehead atoms. The molecule has 0 amide bonds. The van der Waals surface area contributed by atoms with E-state index in [-0.39, 0.29) is 6.10 Å². The minimum atomic E-state index is -0.250. The van der Waals surface area contributed by atoms with Gasteiger partial charge in [-0.05, 0) is 30.3 Å². The molecule has 0 spiro atoms. The lowest BCUT2D eigenvalue weighted by molar-refractivity contribution is 0.111. The van der Waals surface area contributed by atoms with Crippen LogP contribution < -0.4 is 15.8 Å². The monoisotopic (exact) mass is 333 g/mol. The Hall–Kier alpha value is -2.24. The van der Waals surface area contributed by atoms with E-state index in [2.05, 4.69) is 10.3 Å². The maximum absolute atomic E-state index is 6.18. The van der Waals surface area contributed by atoms with Crippen molar-refractivity contribution in [3.8, 4) is 5.75 Å². The number of halogens is 1. The summed E-state index contributed by atoms with van der Waals surface area (Å²) in [5, 5.41) is 3.67. The van der Waals surface area contributed by atoms with E-state index in [1.54, 1.807) is 14.2 Å². The van der Waals surface area contributed by atoms with E-state index in [0.717, 1.165) is 17.0 Å². The quantitative estimate of drug-likeness (QED) is 0.627. The third kappa shape index (κ3) is 4.87. The predicted molar refractivity (Wildman–Crippen MR) is 94.3 cm³/mol. The smallest absolute Gasteiger partial charge is 0.193 e. The molecule has 5 nitrogen and oxygen atoms in total. The lowest BCUT2D eigenvalue weighted by atomic mass is 10.1. The van der Waals surface area contributed by atoms with Crippen molar-refractivity contribution < 1.29 is 9.47 Å². The first-order chi connectivity index (χ1) is 11.1. The van der Waals surface area contributed by atoms with Crippen LogP contribution in [0.2, 0.25) is 5.02 Å². The number of ether oxygens (including phenoxy) is 2. The van der Waals surface area contributed by atoms with Crippen LogP contribution in [0.15, 0.2) is 53.5 Å². The Morgan fingerprint density at radius 1 is 1.17 bits per heavy atom. The molecule has 0 heterocycles. The highest BCUT2D eigenvalue weighted by Crippen LogP contribution is 2.25. The fourth-order valence-electron chi connectivity index (χ4n) is 2.08. The molecule has 0 aliphatic carbocycles. The molecular formula is C17H20ClN3O2. The molecule has 122 valence electrons. The molecule has 0 saturated heterocycles. The molecular weight excluding hydrogens is 314 g/mol. The Bertz CT molecular complexity index is 659. The van der Waals surface area contributed by atoms with Gasteiger partial charge in [-0.1, -0.05) is 29.8 Å². The number of nitrogens with one attached hydrogen (secondary N) is 1. The topological polar surface area (TPSA) is 68.9 Å². The maximum Gasteiger partial charge on any atom is 0.193 e.